The van der Waals surface area contributed by atoms with Crippen molar-refractivity contribution in [1.29, 1.82) is 0 Å². The molecule has 1 aliphatic rings. The van der Waals surface area contributed by atoms with Crippen molar-refractivity contribution in [2.24, 2.45) is 0 Å². The van der Waals surface area contributed by atoms with Crippen molar-refractivity contribution >= 4 is 29.2 Å². The van der Waals surface area contributed by atoms with Gasteiger partial charge in [-0.1, -0.05) is 18.2 Å². The topological polar surface area (TPSA) is 82.6 Å². The first-order valence-corrected chi connectivity index (χ1v) is 7.84. The fraction of sp³-hybridized carbons (Fsp3) is 0.222. The Morgan fingerprint density at radius 3 is 2.68 bits per heavy atom. The number of aryl methyl sites for hydroxylation is 1. The molecular weight excluding hydrogens is 320 g/mol. The predicted molar refractivity (Wildman–Crippen MR) is 93.4 cm³/mol. The van der Waals surface area contributed by atoms with E-state index in [1.807, 2.05) is 13.0 Å². The van der Waals surface area contributed by atoms with Crippen molar-refractivity contribution in [3.63, 3.8) is 0 Å². The summed E-state index contributed by atoms with van der Waals surface area (Å²) in [6, 6.07) is 12.1. The van der Waals surface area contributed by atoms with Gasteiger partial charge in [0.15, 0.2) is 0 Å². The van der Waals surface area contributed by atoms with E-state index in [1.54, 1.807) is 43.4 Å². The highest BCUT2D eigenvalue weighted by atomic mass is 16.2. The molecule has 0 radical (unpaired) electrons. The Kier molecular flexibility index (Phi) is 4.47. The van der Waals surface area contributed by atoms with Crippen LogP contribution in [0.2, 0.25) is 0 Å². The van der Waals surface area contributed by atoms with Gasteiger partial charge in [-0.3, -0.25) is 14.4 Å². The number of amides is 3. The highest BCUT2D eigenvalue weighted by molar-refractivity contribution is 6.11. The van der Waals surface area contributed by atoms with Crippen molar-refractivity contribution in [3.8, 4) is 0 Å². The summed E-state index contributed by atoms with van der Waals surface area (Å²) in [5.41, 5.74) is 1.62. The monoisotopic (exact) mass is 338 g/mol. The number of likely N-dealkylation sites (N-methyl/N-ethyl adjacent to an activating group) is 1. The average Bonchev–Trinajstić information content (AvgIpc) is 2.66. The third kappa shape index (κ3) is 3.50. The number of hydrogen-bond acceptors (Lipinski definition) is 4. The Labute approximate surface area is 145 Å². The van der Waals surface area contributed by atoms with Gasteiger partial charge in [-0.05, 0) is 31.2 Å². The fourth-order valence-electron chi connectivity index (χ4n) is 2.70. The van der Waals surface area contributed by atoms with Crippen molar-refractivity contribution in [2.45, 2.75) is 6.92 Å². The highest BCUT2D eigenvalue weighted by Gasteiger charge is 2.30. The van der Waals surface area contributed by atoms with Crippen LogP contribution in [0.25, 0.3) is 0 Å². The van der Waals surface area contributed by atoms with Crippen LogP contribution in [0.15, 0.2) is 42.5 Å². The molecule has 0 saturated carbocycles. The molecular formula is C18H18N4O3. The lowest BCUT2D eigenvalue weighted by Crippen LogP contribution is -2.41. The molecule has 3 amide bonds. The molecule has 2 heterocycles. The Balaban J connectivity index is 1.85. The number of anilines is 2. The largest absolute Gasteiger partial charge is 0.332 e. The first-order chi connectivity index (χ1) is 12.0. The van der Waals surface area contributed by atoms with Gasteiger partial charge < -0.3 is 15.1 Å². The average molecular weight is 338 g/mol. The molecule has 0 spiro atoms. The Morgan fingerprint density at radius 1 is 1.16 bits per heavy atom. The first-order valence-electron chi connectivity index (χ1n) is 7.84. The molecule has 2 aromatic rings. The lowest BCUT2D eigenvalue weighted by molar-refractivity contribution is -0.121. The number of carbonyl (C=O) groups excluding carboxylic acids is 3. The van der Waals surface area contributed by atoms with E-state index in [2.05, 4.69) is 10.3 Å². The minimum absolute atomic E-state index is 0.0799. The molecule has 0 saturated heterocycles. The number of nitrogens with zero attached hydrogens (tertiary/aromatic N) is 3. The van der Waals surface area contributed by atoms with Crippen LogP contribution in [0, 0.1) is 6.92 Å². The van der Waals surface area contributed by atoms with Gasteiger partial charge in [0, 0.05) is 12.7 Å². The second kappa shape index (κ2) is 6.72. The summed E-state index contributed by atoms with van der Waals surface area (Å²) in [6.45, 7) is 1.56. The number of aromatic nitrogens is 1. The van der Waals surface area contributed by atoms with Gasteiger partial charge in [0.05, 0.1) is 11.3 Å². The van der Waals surface area contributed by atoms with Crippen molar-refractivity contribution in [3.05, 3.63) is 53.7 Å². The van der Waals surface area contributed by atoms with Crippen LogP contribution in [0.4, 0.5) is 11.5 Å². The van der Waals surface area contributed by atoms with Crippen LogP contribution in [-0.4, -0.2) is 47.7 Å². The van der Waals surface area contributed by atoms with Gasteiger partial charge in [0.25, 0.3) is 5.91 Å². The van der Waals surface area contributed by atoms with E-state index >= 15 is 0 Å². The minimum atomic E-state index is -0.377. The van der Waals surface area contributed by atoms with Crippen molar-refractivity contribution < 1.29 is 14.4 Å². The summed E-state index contributed by atoms with van der Waals surface area (Å²) in [6.07, 6.45) is 0. The summed E-state index contributed by atoms with van der Waals surface area (Å²) in [7, 11) is 1.57. The molecule has 1 aliphatic heterocycles. The minimum Gasteiger partial charge on any atom is -0.332 e. The molecule has 7 nitrogen and oxygen atoms in total. The fourth-order valence-corrected chi connectivity index (χ4v) is 2.70. The summed E-state index contributed by atoms with van der Waals surface area (Å²) in [5, 5.41) is 2.68. The molecule has 7 heteroatoms. The number of pyridine rings is 1. The smallest absolute Gasteiger partial charge is 0.256 e. The van der Waals surface area contributed by atoms with E-state index in [0.717, 1.165) is 5.69 Å². The Morgan fingerprint density at radius 2 is 1.92 bits per heavy atom. The zero-order valence-corrected chi connectivity index (χ0v) is 14.0. The number of benzene rings is 1. The number of hydrogen-bond donors (Lipinski definition) is 1. The van der Waals surface area contributed by atoms with Gasteiger partial charge in [-0.2, -0.15) is 0 Å². The van der Waals surface area contributed by atoms with Crippen molar-refractivity contribution in [1.82, 2.24) is 9.88 Å². The van der Waals surface area contributed by atoms with Crippen LogP contribution in [-0.2, 0) is 9.59 Å². The highest BCUT2D eigenvalue weighted by Crippen LogP contribution is 2.25. The molecule has 25 heavy (non-hydrogen) atoms. The lowest BCUT2D eigenvalue weighted by atomic mass is 10.1. The van der Waals surface area contributed by atoms with Crippen LogP contribution < -0.4 is 10.2 Å². The number of para-hydroxylation sites is 1. The van der Waals surface area contributed by atoms with E-state index < -0.39 is 0 Å². The van der Waals surface area contributed by atoms with E-state index in [-0.39, 0.29) is 30.8 Å². The molecule has 1 aromatic carbocycles. The van der Waals surface area contributed by atoms with Crippen molar-refractivity contribution in [2.75, 3.05) is 30.4 Å². The third-order valence-electron chi connectivity index (χ3n) is 3.90. The molecule has 0 aliphatic carbocycles. The summed E-state index contributed by atoms with van der Waals surface area (Å²) in [4.78, 5) is 44.2. The summed E-state index contributed by atoms with van der Waals surface area (Å²) in [5.74, 6) is -0.507. The van der Waals surface area contributed by atoms with Crippen LogP contribution in [0.5, 0.6) is 0 Å². The normalized spacial score (nSPS) is 14.2. The molecule has 0 atom stereocenters. The number of nitrogens with one attached hydrogen (secondary N) is 1. The van der Waals surface area contributed by atoms with Crippen LogP contribution >= 0.6 is 0 Å². The summed E-state index contributed by atoms with van der Waals surface area (Å²) < 4.78 is 0. The molecule has 3 rings (SSSR count). The third-order valence-corrected chi connectivity index (χ3v) is 3.90. The zero-order chi connectivity index (χ0) is 18.0. The van der Waals surface area contributed by atoms with Crippen LogP contribution in [0.3, 0.4) is 0 Å². The summed E-state index contributed by atoms with van der Waals surface area (Å²) >= 11 is 0. The van der Waals surface area contributed by atoms with Gasteiger partial charge in [0.2, 0.25) is 11.8 Å². The van der Waals surface area contributed by atoms with E-state index in [4.69, 9.17) is 0 Å². The second-order valence-electron chi connectivity index (χ2n) is 5.87. The van der Waals surface area contributed by atoms with Gasteiger partial charge in [-0.25, -0.2) is 4.98 Å². The Hall–Kier alpha value is -3.22. The molecule has 128 valence electrons. The van der Waals surface area contributed by atoms with Gasteiger partial charge in [0.1, 0.15) is 18.9 Å². The van der Waals surface area contributed by atoms with E-state index in [0.29, 0.717) is 17.1 Å². The Bertz CT molecular complexity index is 850. The van der Waals surface area contributed by atoms with Gasteiger partial charge in [-0.15, -0.1) is 0 Å². The van der Waals surface area contributed by atoms with E-state index in [9.17, 15) is 14.4 Å². The number of carbonyl (C=O) groups is 3. The molecule has 1 aromatic heterocycles. The SMILES string of the molecule is Cc1cccc(NC(=O)CN2C(=O)CN(C)C(=O)c3ccccc32)n1. The molecule has 0 fully saturated rings. The maximum atomic E-state index is 12.5. The number of fused-ring (bicyclic) bond motifs is 1. The molecule has 0 bridgehead atoms. The predicted octanol–water partition coefficient (Wildman–Crippen LogP) is 1.45. The van der Waals surface area contributed by atoms with Gasteiger partial charge >= 0.3 is 0 Å². The quantitative estimate of drug-likeness (QED) is 0.918. The molecule has 0 unspecified atom stereocenters. The standard InChI is InChI=1S/C18H18N4O3/c1-12-6-5-9-15(19-12)20-16(23)10-22-14-8-4-3-7-13(14)18(25)21(2)11-17(22)24/h3-9H,10-11H2,1-2H3,(H,19,20,23). The van der Waals surface area contributed by atoms with Crippen LogP contribution in [0.1, 0.15) is 16.1 Å². The first kappa shape index (κ1) is 16.6. The molecule has 1 N–H and O–H groups in total. The second-order valence-corrected chi connectivity index (χ2v) is 5.87. The van der Waals surface area contributed by atoms with E-state index in [1.165, 1.54) is 9.80 Å². The lowest BCUT2D eigenvalue weighted by Gasteiger charge is -2.21. The maximum absolute atomic E-state index is 12.5. The maximum Gasteiger partial charge on any atom is 0.256 e. The zero-order valence-electron chi connectivity index (χ0n) is 14.0. The number of rotatable bonds is 3.